The molecule has 2 aromatic rings. The highest BCUT2D eigenvalue weighted by Gasteiger charge is 2.18. The molecular formula is C15H19N3O2S. The normalized spacial score (nSPS) is 16.8. The molecule has 0 radical (unpaired) electrons. The number of hydrogen-bond acceptors (Lipinski definition) is 3. The first-order chi connectivity index (χ1) is 10.1. The van der Waals surface area contributed by atoms with Gasteiger partial charge in [-0.2, -0.15) is 0 Å². The van der Waals surface area contributed by atoms with E-state index >= 15 is 0 Å². The van der Waals surface area contributed by atoms with Gasteiger partial charge in [0.1, 0.15) is 0 Å². The Hall–Kier alpha value is -1.82. The number of aromatic nitrogens is 2. The van der Waals surface area contributed by atoms with Gasteiger partial charge in [-0.25, -0.2) is 18.1 Å². The van der Waals surface area contributed by atoms with Gasteiger partial charge in [-0.1, -0.05) is 31.4 Å². The molecule has 0 saturated heterocycles. The summed E-state index contributed by atoms with van der Waals surface area (Å²) >= 11 is 0. The Bertz CT molecular complexity index is 672. The Kier molecular flexibility index (Phi) is 3.96. The quantitative estimate of drug-likeness (QED) is 0.910. The molecule has 3 rings (SSSR count). The molecule has 6 heteroatoms. The van der Waals surface area contributed by atoms with Crippen LogP contribution in [0.5, 0.6) is 0 Å². The molecular weight excluding hydrogens is 286 g/mol. The van der Waals surface area contributed by atoms with E-state index in [0.717, 1.165) is 0 Å². The summed E-state index contributed by atoms with van der Waals surface area (Å²) in [4.78, 5) is 6.86. The highest BCUT2D eigenvalue weighted by atomic mass is 32.2. The Labute approximate surface area is 124 Å². The van der Waals surface area contributed by atoms with Crippen LogP contribution in [0.2, 0.25) is 0 Å². The molecule has 0 amide bonds. The maximum Gasteiger partial charge on any atom is 0.264 e. The van der Waals surface area contributed by atoms with E-state index in [1.54, 1.807) is 18.3 Å². The van der Waals surface area contributed by atoms with Crippen LogP contribution in [0.1, 0.15) is 43.6 Å². The number of hydrogen-bond donors (Lipinski definition) is 2. The van der Waals surface area contributed by atoms with Crippen LogP contribution >= 0.6 is 0 Å². The highest BCUT2D eigenvalue weighted by Crippen LogP contribution is 2.32. The average molecular weight is 305 g/mol. The second-order valence-corrected chi connectivity index (χ2v) is 7.13. The third kappa shape index (κ3) is 3.26. The average Bonchev–Trinajstić information content (AvgIpc) is 3.00. The Morgan fingerprint density at radius 2 is 1.81 bits per heavy atom. The highest BCUT2D eigenvalue weighted by molar-refractivity contribution is 7.92. The summed E-state index contributed by atoms with van der Waals surface area (Å²) in [5, 5.41) is 0. The molecule has 0 bridgehead atoms. The Balaban J connectivity index is 1.76. The maximum absolute atomic E-state index is 12.2. The van der Waals surface area contributed by atoms with Crippen LogP contribution in [0.25, 0.3) is 0 Å². The molecule has 5 nitrogen and oxygen atoms in total. The maximum atomic E-state index is 12.2. The summed E-state index contributed by atoms with van der Waals surface area (Å²) in [5.74, 6) is 0.805. The lowest BCUT2D eigenvalue weighted by molar-refractivity contribution is 0.443. The number of imidazole rings is 1. The molecule has 1 aliphatic carbocycles. The van der Waals surface area contributed by atoms with Crippen molar-refractivity contribution in [3.8, 4) is 0 Å². The zero-order chi connectivity index (χ0) is 14.7. The van der Waals surface area contributed by atoms with Crippen molar-refractivity contribution in [2.45, 2.75) is 42.9 Å². The minimum Gasteiger partial charge on any atom is -0.330 e. The molecule has 2 N–H and O–H groups in total. The summed E-state index contributed by atoms with van der Waals surface area (Å²) in [5.41, 5.74) is 1.24. The predicted molar refractivity (Wildman–Crippen MR) is 81.7 cm³/mol. The first kappa shape index (κ1) is 14.1. The lowest BCUT2D eigenvalue weighted by Crippen LogP contribution is -2.14. The van der Waals surface area contributed by atoms with E-state index < -0.39 is 10.0 Å². The third-order valence-corrected chi connectivity index (χ3v) is 5.35. The van der Waals surface area contributed by atoms with Gasteiger partial charge in [-0.3, -0.25) is 0 Å². The minimum atomic E-state index is -3.57. The van der Waals surface area contributed by atoms with E-state index in [-0.39, 0.29) is 10.8 Å². The number of nitrogens with one attached hydrogen (secondary N) is 2. The summed E-state index contributed by atoms with van der Waals surface area (Å²) in [6, 6.07) is 7.23. The molecule has 0 aliphatic heterocycles. The molecule has 1 aromatic carbocycles. The number of aromatic amines is 1. The fourth-order valence-corrected chi connectivity index (χ4v) is 3.84. The topological polar surface area (TPSA) is 74.8 Å². The lowest BCUT2D eigenvalue weighted by Gasteiger charge is -2.22. The predicted octanol–water partition coefficient (Wildman–Crippen LogP) is 3.26. The van der Waals surface area contributed by atoms with Crippen molar-refractivity contribution in [1.29, 1.82) is 0 Å². The van der Waals surface area contributed by atoms with Gasteiger partial charge in [0.2, 0.25) is 5.95 Å². The summed E-state index contributed by atoms with van der Waals surface area (Å²) in [6.07, 6.45) is 9.34. The van der Waals surface area contributed by atoms with Crippen LogP contribution in [-0.2, 0) is 10.0 Å². The molecule has 0 unspecified atom stereocenters. The van der Waals surface area contributed by atoms with E-state index in [0.29, 0.717) is 5.92 Å². The molecule has 0 spiro atoms. The molecule has 21 heavy (non-hydrogen) atoms. The van der Waals surface area contributed by atoms with Crippen molar-refractivity contribution in [2.75, 3.05) is 4.72 Å². The first-order valence-corrected chi connectivity index (χ1v) is 8.76. The molecule has 1 aliphatic rings. The molecule has 1 fully saturated rings. The third-order valence-electron chi connectivity index (χ3n) is 4.00. The largest absolute Gasteiger partial charge is 0.330 e. The monoisotopic (exact) mass is 305 g/mol. The van der Waals surface area contributed by atoms with Crippen LogP contribution in [0.4, 0.5) is 5.95 Å². The van der Waals surface area contributed by atoms with Gasteiger partial charge in [-0.05, 0) is 36.5 Å². The Morgan fingerprint density at radius 3 is 2.43 bits per heavy atom. The Morgan fingerprint density at radius 1 is 1.10 bits per heavy atom. The van der Waals surface area contributed by atoms with Crippen molar-refractivity contribution in [2.24, 2.45) is 0 Å². The number of H-pyrrole nitrogens is 1. The molecule has 1 heterocycles. The van der Waals surface area contributed by atoms with E-state index in [9.17, 15) is 8.42 Å². The van der Waals surface area contributed by atoms with E-state index in [4.69, 9.17) is 0 Å². The molecule has 112 valence electrons. The number of nitrogens with zero attached hydrogens (tertiary/aromatic N) is 1. The van der Waals surface area contributed by atoms with Crippen molar-refractivity contribution in [1.82, 2.24) is 9.97 Å². The molecule has 0 atom stereocenters. The van der Waals surface area contributed by atoms with Crippen LogP contribution in [0.3, 0.4) is 0 Å². The number of rotatable bonds is 4. The zero-order valence-corrected chi connectivity index (χ0v) is 12.6. The summed E-state index contributed by atoms with van der Waals surface area (Å²) in [6.45, 7) is 0. The number of benzene rings is 1. The van der Waals surface area contributed by atoms with Crippen molar-refractivity contribution in [3.05, 3.63) is 42.2 Å². The summed E-state index contributed by atoms with van der Waals surface area (Å²) in [7, 11) is -3.57. The van der Waals surface area contributed by atoms with Gasteiger partial charge in [-0.15, -0.1) is 0 Å². The van der Waals surface area contributed by atoms with Crippen molar-refractivity contribution in [3.63, 3.8) is 0 Å². The van der Waals surface area contributed by atoms with Gasteiger partial charge in [0.05, 0.1) is 4.90 Å². The second kappa shape index (κ2) is 5.89. The minimum absolute atomic E-state index is 0.228. The van der Waals surface area contributed by atoms with E-state index in [1.807, 2.05) is 12.1 Å². The van der Waals surface area contributed by atoms with Gasteiger partial charge in [0.15, 0.2) is 0 Å². The number of anilines is 1. The molecule has 1 saturated carbocycles. The summed E-state index contributed by atoms with van der Waals surface area (Å²) < 4.78 is 26.9. The van der Waals surface area contributed by atoms with Gasteiger partial charge >= 0.3 is 0 Å². The smallest absolute Gasteiger partial charge is 0.264 e. The lowest BCUT2D eigenvalue weighted by atomic mass is 9.84. The van der Waals surface area contributed by atoms with Gasteiger partial charge in [0, 0.05) is 12.4 Å². The second-order valence-electron chi connectivity index (χ2n) is 5.45. The van der Waals surface area contributed by atoms with E-state index in [2.05, 4.69) is 14.7 Å². The van der Waals surface area contributed by atoms with Crippen LogP contribution in [0, 0.1) is 0 Å². The van der Waals surface area contributed by atoms with Crippen molar-refractivity contribution >= 4 is 16.0 Å². The first-order valence-electron chi connectivity index (χ1n) is 7.27. The fourth-order valence-electron chi connectivity index (χ4n) is 2.86. The van der Waals surface area contributed by atoms with Crippen LogP contribution in [0.15, 0.2) is 41.6 Å². The van der Waals surface area contributed by atoms with Gasteiger partial charge in [0.25, 0.3) is 10.0 Å². The zero-order valence-electron chi connectivity index (χ0n) is 11.7. The van der Waals surface area contributed by atoms with Crippen molar-refractivity contribution < 1.29 is 8.42 Å². The number of sulfonamides is 1. The molecule has 1 aromatic heterocycles. The van der Waals surface area contributed by atoms with E-state index in [1.165, 1.54) is 43.9 Å². The standard InChI is InChI=1S/C15H19N3O2S/c19-21(20,18-15-16-10-11-17-15)14-8-6-13(7-9-14)12-4-2-1-3-5-12/h6-12H,1-5H2,(H2,16,17,18). The van der Waals surface area contributed by atoms with Crippen LogP contribution < -0.4 is 4.72 Å². The fraction of sp³-hybridized carbons (Fsp3) is 0.400. The van der Waals surface area contributed by atoms with Crippen LogP contribution in [-0.4, -0.2) is 18.4 Å². The SMILES string of the molecule is O=S(=O)(Nc1ncc[nH]1)c1ccc(C2CCCCC2)cc1. The van der Waals surface area contributed by atoms with Gasteiger partial charge < -0.3 is 4.98 Å².